The van der Waals surface area contributed by atoms with Crippen molar-refractivity contribution in [2.45, 2.75) is 26.2 Å². The summed E-state index contributed by atoms with van der Waals surface area (Å²) in [6.45, 7) is 2.49. The molecular formula is C15H17NO2S. The van der Waals surface area contributed by atoms with Crippen LogP contribution in [-0.4, -0.2) is 17.4 Å². The van der Waals surface area contributed by atoms with E-state index >= 15 is 0 Å². The standard InChI is InChI=1S/C15H17NO2S/c1-2-18-13-9-12(10-16-11-13)15(17)7-3-5-14-6-4-8-19-14/h4,6,8-11H,2-3,5,7H2,1H3. The summed E-state index contributed by atoms with van der Waals surface area (Å²) in [6.07, 6.45) is 5.62. The fourth-order valence-electron chi connectivity index (χ4n) is 1.84. The molecule has 0 aliphatic rings. The Labute approximate surface area is 117 Å². The van der Waals surface area contributed by atoms with Crippen LogP contribution >= 0.6 is 11.3 Å². The van der Waals surface area contributed by atoms with Gasteiger partial charge in [0, 0.05) is 23.1 Å². The molecule has 0 aliphatic heterocycles. The van der Waals surface area contributed by atoms with Crippen LogP contribution in [-0.2, 0) is 6.42 Å². The first-order valence-electron chi connectivity index (χ1n) is 6.43. The average Bonchev–Trinajstić information content (AvgIpc) is 2.92. The SMILES string of the molecule is CCOc1cncc(C(=O)CCCc2cccs2)c1. The fraction of sp³-hybridized carbons (Fsp3) is 0.333. The molecule has 0 saturated carbocycles. The first-order valence-corrected chi connectivity index (χ1v) is 7.31. The van der Waals surface area contributed by atoms with Crippen LogP contribution in [0.25, 0.3) is 0 Å². The lowest BCUT2D eigenvalue weighted by Gasteiger charge is -2.04. The zero-order valence-corrected chi connectivity index (χ0v) is 11.8. The Bertz CT molecular complexity index is 523. The number of pyridine rings is 1. The molecule has 100 valence electrons. The highest BCUT2D eigenvalue weighted by Gasteiger charge is 2.08. The second kappa shape index (κ2) is 7.04. The summed E-state index contributed by atoms with van der Waals surface area (Å²) in [5.41, 5.74) is 0.636. The molecule has 0 aliphatic carbocycles. The molecular weight excluding hydrogens is 258 g/mol. The van der Waals surface area contributed by atoms with Crippen molar-refractivity contribution in [3.63, 3.8) is 0 Å². The third-order valence-electron chi connectivity index (χ3n) is 2.75. The number of aryl methyl sites for hydroxylation is 1. The van der Waals surface area contributed by atoms with Crippen LogP contribution in [0.5, 0.6) is 5.75 Å². The maximum atomic E-state index is 12.0. The van der Waals surface area contributed by atoms with E-state index in [1.165, 1.54) is 4.88 Å². The van der Waals surface area contributed by atoms with Crippen molar-refractivity contribution >= 4 is 17.1 Å². The van der Waals surface area contributed by atoms with E-state index in [4.69, 9.17) is 4.74 Å². The highest BCUT2D eigenvalue weighted by molar-refractivity contribution is 7.09. The van der Waals surface area contributed by atoms with Crippen LogP contribution in [0.1, 0.15) is 35.0 Å². The molecule has 0 N–H and O–H groups in total. The van der Waals surface area contributed by atoms with Gasteiger partial charge in [-0.2, -0.15) is 0 Å². The van der Waals surface area contributed by atoms with Crippen molar-refractivity contribution in [1.29, 1.82) is 0 Å². The number of aromatic nitrogens is 1. The number of Topliss-reactive ketones (excluding diaryl/α,β-unsaturated/α-hetero) is 1. The van der Waals surface area contributed by atoms with Crippen LogP contribution in [0.4, 0.5) is 0 Å². The minimum absolute atomic E-state index is 0.130. The van der Waals surface area contributed by atoms with Crippen LogP contribution in [0.15, 0.2) is 36.0 Å². The van der Waals surface area contributed by atoms with Gasteiger partial charge in [0.25, 0.3) is 0 Å². The molecule has 0 radical (unpaired) electrons. The molecule has 4 heteroatoms. The smallest absolute Gasteiger partial charge is 0.164 e. The van der Waals surface area contributed by atoms with Crippen molar-refractivity contribution in [3.8, 4) is 5.75 Å². The van der Waals surface area contributed by atoms with Gasteiger partial charge in [0.05, 0.1) is 12.8 Å². The third-order valence-corrected chi connectivity index (χ3v) is 3.69. The van der Waals surface area contributed by atoms with Gasteiger partial charge in [0.15, 0.2) is 5.78 Å². The molecule has 19 heavy (non-hydrogen) atoms. The van der Waals surface area contributed by atoms with Crippen LogP contribution in [0.2, 0.25) is 0 Å². The molecule has 0 saturated heterocycles. The van der Waals surface area contributed by atoms with E-state index in [9.17, 15) is 4.79 Å². The second-order valence-corrected chi connectivity index (χ2v) is 5.23. The van der Waals surface area contributed by atoms with Crippen molar-refractivity contribution in [1.82, 2.24) is 4.98 Å². The van der Waals surface area contributed by atoms with Crippen LogP contribution in [0.3, 0.4) is 0 Å². The van der Waals surface area contributed by atoms with Gasteiger partial charge in [-0.05, 0) is 37.3 Å². The number of rotatable bonds is 7. The Balaban J connectivity index is 1.87. The first-order chi connectivity index (χ1) is 9.29. The predicted octanol–water partition coefficient (Wildman–Crippen LogP) is 3.75. The minimum atomic E-state index is 0.130. The van der Waals surface area contributed by atoms with E-state index in [0.717, 1.165) is 12.8 Å². The second-order valence-electron chi connectivity index (χ2n) is 4.20. The third kappa shape index (κ3) is 4.17. The van der Waals surface area contributed by atoms with Crippen LogP contribution in [0, 0.1) is 0 Å². The molecule has 2 rings (SSSR count). The topological polar surface area (TPSA) is 39.2 Å². The van der Waals surface area contributed by atoms with Crippen molar-refractivity contribution in [2.75, 3.05) is 6.61 Å². The fourth-order valence-corrected chi connectivity index (χ4v) is 2.59. The number of ether oxygens (including phenoxy) is 1. The van der Waals surface area contributed by atoms with Crippen molar-refractivity contribution < 1.29 is 9.53 Å². The van der Waals surface area contributed by atoms with Gasteiger partial charge < -0.3 is 4.74 Å². The number of carbonyl (C=O) groups excluding carboxylic acids is 1. The van der Waals surface area contributed by atoms with Gasteiger partial charge in [-0.1, -0.05) is 6.07 Å². The molecule has 2 aromatic heterocycles. The quantitative estimate of drug-likeness (QED) is 0.722. The lowest BCUT2D eigenvalue weighted by atomic mass is 10.1. The van der Waals surface area contributed by atoms with E-state index < -0.39 is 0 Å². The Morgan fingerprint density at radius 1 is 1.42 bits per heavy atom. The van der Waals surface area contributed by atoms with Gasteiger partial charge in [-0.3, -0.25) is 9.78 Å². The zero-order valence-electron chi connectivity index (χ0n) is 11.0. The summed E-state index contributed by atoms with van der Waals surface area (Å²) < 4.78 is 5.35. The lowest BCUT2D eigenvalue weighted by molar-refractivity contribution is 0.0979. The number of nitrogens with zero attached hydrogens (tertiary/aromatic N) is 1. The van der Waals surface area contributed by atoms with E-state index in [-0.39, 0.29) is 5.78 Å². The van der Waals surface area contributed by atoms with Gasteiger partial charge in [-0.15, -0.1) is 11.3 Å². The molecule has 3 nitrogen and oxygen atoms in total. The summed E-state index contributed by atoms with van der Waals surface area (Å²) in [4.78, 5) is 17.4. The lowest BCUT2D eigenvalue weighted by Crippen LogP contribution is -2.02. The van der Waals surface area contributed by atoms with Crippen LogP contribution < -0.4 is 4.74 Å². The Morgan fingerprint density at radius 3 is 3.05 bits per heavy atom. The van der Waals surface area contributed by atoms with Gasteiger partial charge in [0.1, 0.15) is 5.75 Å². The normalized spacial score (nSPS) is 10.4. The highest BCUT2D eigenvalue weighted by Crippen LogP contribution is 2.16. The summed E-state index contributed by atoms with van der Waals surface area (Å²) in [6, 6.07) is 5.91. The molecule has 0 fully saturated rings. The number of ketones is 1. The Kier molecular flexibility index (Phi) is 5.10. The minimum Gasteiger partial charge on any atom is -0.492 e. The van der Waals surface area contributed by atoms with E-state index in [2.05, 4.69) is 16.4 Å². The molecule has 2 aromatic rings. The zero-order chi connectivity index (χ0) is 13.5. The largest absolute Gasteiger partial charge is 0.492 e. The molecule has 0 spiro atoms. The monoisotopic (exact) mass is 275 g/mol. The first kappa shape index (κ1) is 13.7. The number of hydrogen-bond donors (Lipinski definition) is 0. The number of thiophene rings is 1. The van der Waals surface area contributed by atoms with E-state index in [0.29, 0.717) is 24.3 Å². The molecule has 0 amide bonds. The summed E-state index contributed by atoms with van der Waals surface area (Å²) in [7, 11) is 0. The van der Waals surface area contributed by atoms with E-state index in [1.54, 1.807) is 29.8 Å². The average molecular weight is 275 g/mol. The predicted molar refractivity (Wildman–Crippen MR) is 77.0 cm³/mol. The molecule has 0 unspecified atom stereocenters. The Hall–Kier alpha value is -1.68. The summed E-state index contributed by atoms with van der Waals surface area (Å²) in [5.74, 6) is 0.789. The molecule has 0 atom stereocenters. The highest BCUT2D eigenvalue weighted by atomic mass is 32.1. The number of hydrogen-bond acceptors (Lipinski definition) is 4. The van der Waals surface area contributed by atoms with E-state index in [1.807, 2.05) is 13.0 Å². The maximum Gasteiger partial charge on any atom is 0.164 e. The van der Waals surface area contributed by atoms with Crippen molar-refractivity contribution in [3.05, 3.63) is 46.4 Å². The molecule has 0 bridgehead atoms. The van der Waals surface area contributed by atoms with Crippen molar-refractivity contribution in [2.24, 2.45) is 0 Å². The maximum absolute atomic E-state index is 12.0. The molecule has 0 aromatic carbocycles. The molecule has 2 heterocycles. The van der Waals surface area contributed by atoms with Gasteiger partial charge in [-0.25, -0.2) is 0 Å². The summed E-state index contributed by atoms with van der Waals surface area (Å²) in [5, 5.41) is 2.06. The van der Waals surface area contributed by atoms with Gasteiger partial charge in [0.2, 0.25) is 0 Å². The Morgan fingerprint density at radius 2 is 2.32 bits per heavy atom. The van der Waals surface area contributed by atoms with Gasteiger partial charge >= 0.3 is 0 Å². The summed E-state index contributed by atoms with van der Waals surface area (Å²) >= 11 is 1.74. The number of carbonyl (C=O) groups is 1.